The van der Waals surface area contributed by atoms with E-state index in [-0.39, 0.29) is 5.97 Å². The molecule has 0 unspecified atom stereocenters. The number of rotatable bonds is 6. The number of carbonyl (C=O) groups excluding carboxylic acids is 1. The fourth-order valence-corrected chi connectivity index (χ4v) is 1.56. The van der Waals surface area contributed by atoms with Gasteiger partial charge in [-0.25, -0.2) is 9.64 Å². The summed E-state index contributed by atoms with van der Waals surface area (Å²) in [5.74, 6) is -0.335. The zero-order valence-corrected chi connectivity index (χ0v) is 10.8. The Bertz CT molecular complexity index is 416. The van der Waals surface area contributed by atoms with Gasteiger partial charge in [-0.05, 0) is 13.1 Å². The van der Waals surface area contributed by atoms with Crippen LogP contribution in [-0.2, 0) is 4.74 Å². The number of hydrogen-bond acceptors (Lipinski definition) is 3. The van der Waals surface area contributed by atoms with Crippen LogP contribution in [0.1, 0.15) is 24.2 Å². The third kappa shape index (κ3) is 4.19. The maximum Gasteiger partial charge on any atom is 0.338 e. The van der Waals surface area contributed by atoms with E-state index in [1.807, 2.05) is 0 Å². The number of esters is 1. The van der Waals surface area contributed by atoms with Gasteiger partial charge < -0.3 is 9.64 Å². The summed E-state index contributed by atoms with van der Waals surface area (Å²) in [7, 11) is 0. The SMILES string of the molecule is [C-]#[N+]c1ccc(C(=O)OCCN(CC)CC)cc1. The van der Waals surface area contributed by atoms with Crippen molar-refractivity contribution in [2.45, 2.75) is 13.8 Å². The molecule has 0 aliphatic heterocycles. The molecule has 18 heavy (non-hydrogen) atoms. The highest BCUT2D eigenvalue weighted by Crippen LogP contribution is 2.13. The second-order valence-corrected chi connectivity index (χ2v) is 3.82. The van der Waals surface area contributed by atoms with Crippen molar-refractivity contribution in [3.05, 3.63) is 41.2 Å². The molecule has 1 aromatic carbocycles. The Hall–Kier alpha value is -1.86. The normalized spacial score (nSPS) is 10.1. The highest BCUT2D eigenvalue weighted by molar-refractivity contribution is 5.89. The van der Waals surface area contributed by atoms with E-state index in [1.165, 1.54) is 0 Å². The van der Waals surface area contributed by atoms with Gasteiger partial charge >= 0.3 is 5.97 Å². The lowest BCUT2D eigenvalue weighted by molar-refractivity contribution is 0.0466. The van der Waals surface area contributed by atoms with Crippen LogP contribution in [-0.4, -0.2) is 37.1 Å². The smallest absolute Gasteiger partial charge is 0.338 e. The fraction of sp³-hybridized carbons (Fsp3) is 0.429. The zero-order chi connectivity index (χ0) is 13.4. The van der Waals surface area contributed by atoms with Crippen LogP contribution in [0.15, 0.2) is 24.3 Å². The van der Waals surface area contributed by atoms with E-state index in [1.54, 1.807) is 24.3 Å². The molecule has 0 fully saturated rings. The molecule has 0 N–H and O–H groups in total. The maximum absolute atomic E-state index is 11.7. The molecule has 96 valence electrons. The Labute approximate surface area is 108 Å². The molecule has 1 rings (SSSR count). The molecular weight excluding hydrogens is 228 g/mol. The van der Waals surface area contributed by atoms with Crippen molar-refractivity contribution in [1.82, 2.24) is 4.90 Å². The minimum Gasteiger partial charge on any atom is -0.461 e. The first kappa shape index (κ1) is 14.2. The van der Waals surface area contributed by atoms with Gasteiger partial charge in [-0.2, -0.15) is 0 Å². The van der Waals surface area contributed by atoms with E-state index in [0.717, 1.165) is 19.6 Å². The monoisotopic (exact) mass is 246 g/mol. The second kappa shape index (κ2) is 7.46. The van der Waals surface area contributed by atoms with Gasteiger partial charge in [0.05, 0.1) is 12.1 Å². The summed E-state index contributed by atoms with van der Waals surface area (Å²) in [6.07, 6.45) is 0. The van der Waals surface area contributed by atoms with Crippen molar-refractivity contribution in [3.8, 4) is 0 Å². The first-order valence-electron chi connectivity index (χ1n) is 6.08. The second-order valence-electron chi connectivity index (χ2n) is 3.82. The van der Waals surface area contributed by atoms with Gasteiger partial charge in [0, 0.05) is 6.54 Å². The zero-order valence-electron chi connectivity index (χ0n) is 10.8. The molecule has 0 radical (unpaired) electrons. The van der Waals surface area contributed by atoms with Crippen molar-refractivity contribution in [2.24, 2.45) is 0 Å². The van der Waals surface area contributed by atoms with Gasteiger partial charge in [-0.1, -0.05) is 38.1 Å². The highest BCUT2D eigenvalue weighted by Gasteiger charge is 2.07. The standard InChI is InChI=1S/C14H18N2O2/c1-4-16(5-2)10-11-18-14(17)12-6-8-13(15-3)9-7-12/h6-9H,4-5,10-11H2,1-2H3. The van der Waals surface area contributed by atoms with Crippen molar-refractivity contribution >= 4 is 11.7 Å². The number of likely N-dealkylation sites (N-methyl/N-ethyl adjacent to an activating group) is 1. The molecule has 0 saturated carbocycles. The van der Waals surface area contributed by atoms with E-state index in [9.17, 15) is 4.79 Å². The Kier molecular flexibility index (Phi) is 5.89. The fourth-order valence-electron chi connectivity index (χ4n) is 1.56. The molecule has 0 heterocycles. The van der Waals surface area contributed by atoms with Crippen LogP contribution >= 0.6 is 0 Å². The van der Waals surface area contributed by atoms with Crippen LogP contribution in [0.3, 0.4) is 0 Å². The van der Waals surface area contributed by atoms with Crippen molar-refractivity contribution in [2.75, 3.05) is 26.2 Å². The summed E-state index contributed by atoms with van der Waals surface area (Å²) >= 11 is 0. The first-order valence-corrected chi connectivity index (χ1v) is 6.08. The Morgan fingerprint density at radius 1 is 1.28 bits per heavy atom. The van der Waals surface area contributed by atoms with E-state index in [4.69, 9.17) is 11.3 Å². The van der Waals surface area contributed by atoms with Gasteiger partial charge in [-0.15, -0.1) is 0 Å². The van der Waals surface area contributed by atoms with Crippen molar-refractivity contribution < 1.29 is 9.53 Å². The lowest BCUT2D eigenvalue weighted by Crippen LogP contribution is -2.27. The van der Waals surface area contributed by atoms with E-state index in [0.29, 0.717) is 17.9 Å². The molecule has 4 heteroatoms. The summed E-state index contributed by atoms with van der Waals surface area (Å²) in [5, 5.41) is 0. The number of hydrogen-bond donors (Lipinski definition) is 0. The molecule has 4 nitrogen and oxygen atoms in total. The molecule has 0 saturated heterocycles. The van der Waals surface area contributed by atoms with Crippen LogP contribution in [0, 0.1) is 6.57 Å². The minimum atomic E-state index is -0.335. The number of carbonyl (C=O) groups is 1. The summed E-state index contributed by atoms with van der Waals surface area (Å²) in [5.41, 5.74) is 1.01. The van der Waals surface area contributed by atoms with Crippen LogP contribution in [0.2, 0.25) is 0 Å². The summed E-state index contributed by atoms with van der Waals surface area (Å²) in [6.45, 7) is 14.0. The summed E-state index contributed by atoms with van der Waals surface area (Å²) < 4.78 is 5.18. The predicted octanol–water partition coefficient (Wildman–Crippen LogP) is 2.74. The van der Waals surface area contributed by atoms with Crippen molar-refractivity contribution in [1.29, 1.82) is 0 Å². The summed E-state index contributed by atoms with van der Waals surface area (Å²) in [4.78, 5) is 17.1. The van der Waals surface area contributed by atoms with Crippen molar-refractivity contribution in [3.63, 3.8) is 0 Å². The minimum absolute atomic E-state index is 0.335. The maximum atomic E-state index is 11.7. The van der Waals surface area contributed by atoms with Gasteiger partial charge in [0.1, 0.15) is 6.61 Å². The third-order valence-electron chi connectivity index (χ3n) is 2.77. The number of benzene rings is 1. The van der Waals surface area contributed by atoms with E-state index in [2.05, 4.69) is 23.6 Å². The highest BCUT2D eigenvalue weighted by atomic mass is 16.5. The van der Waals surface area contributed by atoms with Gasteiger partial charge in [0.25, 0.3) is 0 Å². The predicted molar refractivity (Wildman–Crippen MR) is 70.8 cm³/mol. The quantitative estimate of drug-likeness (QED) is 0.571. The molecule has 0 atom stereocenters. The first-order chi connectivity index (χ1) is 8.71. The molecule has 0 aromatic heterocycles. The molecule has 0 aliphatic carbocycles. The molecule has 0 bridgehead atoms. The van der Waals surface area contributed by atoms with Crippen LogP contribution < -0.4 is 0 Å². The van der Waals surface area contributed by atoms with Crippen LogP contribution in [0.5, 0.6) is 0 Å². The van der Waals surface area contributed by atoms with Gasteiger partial charge in [0.15, 0.2) is 5.69 Å². The lowest BCUT2D eigenvalue weighted by atomic mass is 10.2. The Morgan fingerprint density at radius 3 is 2.39 bits per heavy atom. The average Bonchev–Trinajstić information content (AvgIpc) is 2.43. The average molecular weight is 246 g/mol. The molecule has 1 aromatic rings. The van der Waals surface area contributed by atoms with E-state index < -0.39 is 0 Å². The summed E-state index contributed by atoms with van der Waals surface area (Å²) in [6, 6.07) is 6.47. The largest absolute Gasteiger partial charge is 0.461 e. The topological polar surface area (TPSA) is 33.9 Å². The van der Waals surface area contributed by atoms with E-state index >= 15 is 0 Å². The Morgan fingerprint density at radius 2 is 1.89 bits per heavy atom. The molecule has 0 aliphatic rings. The lowest BCUT2D eigenvalue weighted by Gasteiger charge is -2.17. The van der Waals surface area contributed by atoms with Gasteiger partial charge in [0.2, 0.25) is 0 Å². The number of ether oxygens (including phenoxy) is 1. The van der Waals surface area contributed by atoms with Crippen LogP contribution in [0.4, 0.5) is 5.69 Å². The Balaban J connectivity index is 2.43. The number of nitrogens with zero attached hydrogens (tertiary/aromatic N) is 2. The van der Waals surface area contributed by atoms with Crippen LogP contribution in [0.25, 0.3) is 4.85 Å². The van der Waals surface area contributed by atoms with Gasteiger partial charge in [-0.3, -0.25) is 0 Å². The molecule has 0 amide bonds. The molecular formula is C14H18N2O2. The third-order valence-corrected chi connectivity index (χ3v) is 2.77. The molecule has 0 spiro atoms.